The largest absolute Gasteiger partial charge is 0.493 e. The third-order valence-corrected chi connectivity index (χ3v) is 6.08. The van der Waals surface area contributed by atoms with Gasteiger partial charge in [-0.2, -0.15) is 0 Å². The van der Waals surface area contributed by atoms with Gasteiger partial charge in [-0.05, 0) is 42.5 Å². The number of methoxy groups -OCH3 is 2. The van der Waals surface area contributed by atoms with Crippen LogP contribution in [0.25, 0.3) is 16.6 Å². The highest BCUT2D eigenvalue weighted by Gasteiger charge is 2.17. The van der Waals surface area contributed by atoms with Gasteiger partial charge in [0.05, 0.1) is 42.3 Å². The van der Waals surface area contributed by atoms with Crippen LogP contribution in [0, 0.1) is 5.82 Å². The lowest BCUT2D eigenvalue weighted by atomic mass is 10.2. The van der Waals surface area contributed by atoms with Crippen molar-refractivity contribution < 1.29 is 18.7 Å². The maximum absolute atomic E-state index is 14.0. The van der Waals surface area contributed by atoms with Crippen molar-refractivity contribution in [2.45, 2.75) is 5.16 Å². The van der Waals surface area contributed by atoms with Crippen LogP contribution in [0.1, 0.15) is 0 Å². The Labute approximate surface area is 203 Å². The zero-order valence-corrected chi connectivity index (χ0v) is 19.7. The van der Waals surface area contributed by atoms with Crippen molar-refractivity contribution in [2.75, 3.05) is 25.3 Å². The third kappa shape index (κ3) is 4.85. The summed E-state index contributed by atoms with van der Waals surface area (Å²) in [6.45, 7) is 0. The predicted octanol–water partition coefficient (Wildman–Crippen LogP) is 4.93. The first-order valence-electron chi connectivity index (χ1n) is 10.0. The minimum atomic E-state index is -0.603. The minimum absolute atomic E-state index is 0.0261. The zero-order valence-electron chi connectivity index (χ0n) is 18.2. The number of nitrogens with one attached hydrogen (secondary N) is 1. The molecule has 0 aliphatic carbocycles. The van der Waals surface area contributed by atoms with E-state index in [0.717, 1.165) is 11.8 Å². The van der Waals surface area contributed by atoms with Gasteiger partial charge in [0, 0.05) is 11.1 Å². The van der Waals surface area contributed by atoms with E-state index >= 15 is 0 Å². The van der Waals surface area contributed by atoms with Crippen molar-refractivity contribution in [3.05, 3.63) is 81.9 Å². The summed E-state index contributed by atoms with van der Waals surface area (Å²) < 4.78 is 26.0. The van der Waals surface area contributed by atoms with E-state index in [9.17, 15) is 14.0 Å². The molecule has 0 atom stereocenters. The lowest BCUT2D eigenvalue weighted by molar-refractivity contribution is -0.113. The molecule has 1 aromatic heterocycles. The number of carbonyl (C=O) groups is 1. The predicted molar refractivity (Wildman–Crippen MR) is 131 cm³/mol. The zero-order chi connectivity index (χ0) is 24.2. The van der Waals surface area contributed by atoms with Crippen LogP contribution in [0.3, 0.4) is 0 Å². The maximum atomic E-state index is 14.0. The average molecular weight is 500 g/mol. The first-order chi connectivity index (χ1) is 16.4. The molecular formula is C24H19ClFN3O4S. The van der Waals surface area contributed by atoms with Crippen molar-refractivity contribution in [1.29, 1.82) is 0 Å². The van der Waals surface area contributed by atoms with E-state index in [2.05, 4.69) is 10.3 Å². The number of halogens is 2. The fourth-order valence-electron chi connectivity index (χ4n) is 3.31. The first kappa shape index (κ1) is 23.6. The first-order valence-corrected chi connectivity index (χ1v) is 11.4. The number of para-hydroxylation sites is 1. The summed E-state index contributed by atoms with van der Waals surface area (Å²) >= 11 is 6.93. The summed E-state index contributed by atoms with van der Waals surface area (Å²) in [7, 11) is 3.02. The highest BCUT2D eigenvalue weighted by atomic mass is 35.5. The molecule has 1 heterocycles. The van der Waals surface area contributed by atoms with Gasteiger partial charge in [0.1, 0.15) is 5.82 Å². The molecule has 10 heteroatoms. The lowest BCUT2D eigenvalue weighted by Gasteiger charge is -2.15. The number of nitrogens with zero attached hydrogens (tertiary/aromatic N) is 2. The van der Waals surface area contributed by atoms with Gasteiger partial charge < -0.3 is 14.8 Å². The van der Waals surface area contributed by atoms with Crippen LogP contribution >= 0.6 is 23.4 Å². The molecule has 0 aliphatic heterocycles. The van der Waals surface area contributed by atoms with Gasteiger partial charge in [-0.3, -0.25) is 14.2 Å². The van der Waals surface area contributed by atoms with Crippen LogP contribution in [-0.2, 0) is 4.79 Å². The Morgan fingerprint density at radius 3 is 2.62 bits per heavy atom. The number of ether oxygens (including phenoxy) is 2. The number of carbonyl (C=O) groups excluding carboxylic acids is 1. The van der Waals surface area contributed by atoms with Gasteiger partial charge in [0.2, 0.25) is 5.91 Å². The van der Waals surface area contributed by atoms with Crippen LogP contribution in [0.4, 0.5) is 10.1 Å². The van der Waals surface area contributed by atoms with E-state index in [1.165, 1.54) is 37.0 Å². The summed E-state index contributed by atoms with van der Waals surface area (Å²) in [6.07, 6.45) is 0. The average Bonchev–Trinajstić information content (AvgIpc) is 2.84. The van der Waals surface area contributed by atoms with Crippen molar-refractivity contribution in [3.63, 3.8) is 0 Å². The van der Waals surface area contributed by atoms with Crippen molar-refractivity contribution in [3.8, 4) is 17.2 Å². The van der Waals surface area contributed by atoms with E-state index < -0.39 is 11.7 Å². The van der Waals surface area contributed by atoms with E-state index in [-0.39, 0.29) is 22.2 Å². The summed E-state index contributed by atoms with van der Waals surface area (Å²) in [5.74, 6) is -0.263. The van der Waals surface area contributed by atoms with E-state index in [0.29, 0.717) is 33.1 Å². The van der Waals surface area contributed by atoms with E-state index in [4.69, 9.17) is 21.1 Å². The Kier molecular flexibility index (Phi) is 7.04. The molecule has 7 nitrogen and oxygen atoms in total. The molecular weight excluding hydrogens is 481 g/mol. The molecule has 0 aliphatic rings. The number of fused-ring (bicyclic) bond motifs is 1. The third-order valence-electron chi connectivity index (χ3n) is 4.91. The van der Waals surface area contributed by atoms with Gasteiger partial charge in [0.25, 0.3) is 5.56 Å². The second-order valence-electron chi connectivity index (χ2n) is 7.05. The monoisotopic (exact) mass is 499 g/mol. The molecule has 0 bridgehead atoms. The number of rotatable bonds is 7. The smallest absolute Gasteiger partial charge is 0.266 e. The van der Waals surface area contributed by atoms with Gasteiger partial charge in [-0.15, -0.1) is 0 Å². The Hall–Kier alpha value is -3.56. The number of anilines is 1. The Morgan fingerprint density at radius 2 is 1.85 bits per heavy atom. The van der Waals surface area contributed by atoms with Gasteiger partial charge in [-0.25, -0.2) is 9.37 Å². The maximum Gasteiger partial charge on any atom is 0.266 e. The fourth-order valence-corrected chi connectivity index (χ4v) is 4.30. The number of hydrogen-bond acceptors (Lipinski definition) is 6. The molecule has 0 radical (unpaired) electrons. The van der Waals surface area contributed by atoms with Gasteiger partial charge in [-0.1, -0.05) is 35.5 Å². The number of aromatic nitrogens is 2. The normalized spacial score (nSPS) is 10.8. The second-order valence-corrected chi connectivity index (χ2v) is 8.43. The molecule has 4 rings (SSSR count). The second kappa shape index (κ2) is 10.1. The lowest BCUT2D eigenvalue weighted by Crippen LogP contribution is -2.23. The molecule has 0 spiro atoms. The van der Waals surface area contributed by atoms with E-state index in [1.807, 2.05) is 0 Å². The molecule has 0 saturated carbocycles. The van der Waals surface area contributed by atoms with Crippen molar-refractivity contribution in [2.24, 2.45) is 0 Å². The standard InChI is InChI=1S/C24H19ClFN3O4S/c1-32-20-10-8-15(12-21(20)33-2)29-23(31)16-5-3-4-6-18(16)28-24(29)34-13-22(30)27-19-11-14(25)7-9-17(19)26/h3-12H,13H2,1-2H3,(H,27,30). The molecule has 0 saturated heterocycles. The SMILES string of the molecule is COc1ccc(-n2c(SCC(=O)Nc3cc(Cl)ccc3F)nc3ccccc3c2=O)cc1OC. The minimum Gasteiger partial charge on any atom is -0.493 e. The highest BCUT2D eigenvalue weighted by molar-refractivity contribution is 7.99. The molecule has 4 aromatic rings. The van der Waals surface area contributed by atoms with Crippen LogP contribution in [0.5, 0.6) is 11.5 Å². The van der Waals surface area contributed by atoms with Gasteiger partial charge in [0.15, 0.2) is 16.7 Å². The number of thioether (sulfide) groups is 1. The fraction of sp³-hybridized carbons (Fsp3) is 0.125. The van der Waals surface area contributed by atoms with E-state index in [1.54, 1.807) is 42.5 Å². The van der Waals surface area contributed by atoms with Crippen molar-refractivity contribution in [1.82, 2.24) is 9.55 Å². The molecule has 1 amide bonds. The highest BCUT2D eigenvalue weighted by Crippen LogP contribution is 2.30. The molecule has 0 fully saturated rings. The topological polar surface area (TPSA) is 82.5 Å². The van der Waals surface area contributed by atoms with Crippen LogP contribution in [0.15, 0.2) is 70.6 Å². The number of benzene rings is 3. The Balaban J connectivity index is 1.71. The van der Waals surface area contributed by atoms with Crippen LogP contribution in [-0.4, -0.2) is 35.4 Å². The molecule has 174 valence electrons. The molecule has 3 aromatic carbocycles. The molecule has 0 unspecified atom stereocenters. The summed E-state index contributed by atoms with van der Waals surface area (Å²) in [4.78, 5) is 30.5. The molecule has 34 heavy (non-hydrogen) atoms. The van der Waals surface area contributed by atoms with Crippen LogP contribution in [0.2, 0.25) is 5.02 Å². The number of hydrogen-bond donors (Lipinski definition) is 1. The van der Waals surface area contributed by atoms with Crippen molar-refractivity contribution >= 4 is 45.9 Å². The summed E-state index contributed by atoms with van der Waals surface area (Å²) in [6, 6.07) is 15.9. The Bertz CT molecular complexity index is 1440. The summed E-state index contributed by atoms with van der Waals surface area (Å²) in [5.41, 5.74) is 0.654. The summed E-state index contributed by atoms with van der Waals surface area (Å²) in [5, 5.41) is 3.50. The Morgan fingerprint density at radius 1 is 1.09 bits per heavy atom. The number of amides is 1. The van der Waals surface area contributed by atoms with Gasteiger partial charge >= 0.3 is 0 Å². The van der Waals surface area contributed by atoms with Crippen LogP contribution < -0.4 is 20.3 Å². The quantitative estimate of drug-likeness (QED) is 0.287. The molecule has 1 N–H and O–H groups in total.